The number of sulfonamides is 1. The highest BCUT2D eigenvalue weighted by molar-refractivity contribution is 7.89. The second-order valence-corrected chi connectivity index (χ2v) is 12.7. The van der Waals surface area contributed by atoms with Gasteiger partial charge in [0.25, 0.3) is 0 Å². The minimum atomic E-state index is -3.65. The quantitative estimate of drug-likeness (QED) is 0.597. The fraction of sp³-hybridized carbons (Fsp3) is 0.517. The molecule has 9 heteroatoms. The second kappa shape index (κ2) is 10.7. The van der Waals surface area contributed by atoms with Gasteiger partial charge in [-0.3, -0.25) is 9.59 Å². The Kier molecular flexibility index (Phi) is 7.51. The maximum atomic E-state index is 13.4. The highest BCUT2D eigenvalue weighted by Gasteiger charge is 2.35. The molecule has 0 saturated carbocycles. The molecule has 2 saturated heterocycles. The van der Waals surface area contributed by atoms with Crippen molar-refractivity contribution in [1.29, 1.82) is 0 Å². The van der Waals surface area contributed by atoms with Gasteiger partial charge in [-0.15, -0.1) is 0 Å². The summed E-state index contributed by atoms with van der Waals surface area (Å²) >= 11 is 0. The Labute approximate surface area is 226 Å². The Bertz CT molecular complexity index is 1330. The van der Waals surface area contributed by atoms with Gasteiger partial charge in [-0.1, -0.05) is 12.1 Å². The number of hydrogen-bond acceptors (Lipinski definition) is 5. The summed E-state index contributed by atoms with van der Waals surface area (Å²) in [7, 11) is -3.65. The van der Waals surface area contributed by atoms with Gasteiger partial charge in [-0.25, -0.2) is 8.42 Å². The average Bonchev–Trinajstić information content (AvgIpc) is 2.93. The Morgan fingerprint density at radius 3 is 2.26 bits per heavy atom. The lowest BCUT2D eigenvalue weighted by atomic mass is 9.96. The summed E-state index contributed by atoms with van der Waals surface area (Å²) in [6.45, 7) is 10.2. The number of carbonyl (C=O) groups is 2. The molecular formula is C29H38N4O4S. The van der Waals surface area contributed by atoms with Gasteiger partial charge in [0.05, 0.1) is 4.90 Å². The van der Waals surface area contributed by atoms with Crippen molar-refractivity contribution in [2.75, 3.05) is 55.6 Å². The van der Waals surface area contributed by atoms with E-state index in [1.54, 1.807) is 23.1 Å². The van der Waals surface area contributed by atoms with Crippen molar-refractivity contribution < 1.29 is 18.0 Å². The van der Waals surface area contributed by atoms with Gasteiger partial charge >= 0.3 is 0 Å². The molecule has 0 atom stereocenters. The lowest BCUT2D eigenvalue weighted by Crippen LogP contribution is -2.52. The van der Waals surface area contributed by atoms with Crippen LogP contribution in [-0.4, -0.2) is 75.3 Å². The number of piperazine rings is 1. The molecule has 0 aromatic heterocycles. The zero-order valence-electron chi connectivity index (χ0n) is 22.6. The van der Waals surface area contributed by atoms with E-state index < -0.39 is 10.0 Å². The molecule has 0 aliphatic carbocycles. The van der Waals surface area contributed by atoms with Crippen LogP contribution in [0.5, 0.6) is 0 Å². The normalized spacial score (nSPS) is 19.4. The highest BCUT2D eigenvalue weighted by atomic mass is 32.2. The molecule has 2 aromatic carbocycles. The minimum absolute atomic E-state index is 0.0278. The minimum Gasteiger partial charge on any atom is -0.368 e. The van der Waals surface area contributed by atoms with Crippen molar-refractivity contribution >= 4 is 33.2 Å². The lowest BCUT2D eigenvalue weighted by molar-refractivity contribution is -0.137. The van der Waals surface area contributed by atoms with Crippen LogP contribution in [-0.2, 0) is 26.0 Å². The van der Waals surface area contributed by atoms with Crippen molar-refractivity contribution in [3.05, 3.63) is 53.1 Å². The zero-order chi connectivity index (χ0) is 27.0. The summed E-state index contributed by atoms with van der Waals surface area (Å²) < 4.78 is 28.4. The van der Waals surface area contributed by atoms with E-state index in [0.717, 1.165) is 37.2 Å². The molecule has 2 amide bonds. The number of piperidine rings is 1. The first-order valence-electron chi connectivity index (χ1n) is 13.7. The number of rotatable bonds is 4. The van der Waals surface area contributed by atoms with Crippen molar-refractivity contribution in [3.63, 3.8) is 0 Å². The number of carbonyl (C=O) groups excluding carboxylic acids is 2. The van der Waals surface area contributed by atoms with Gasteiger partial charge in [0.1, 0.15) is 0 Å². The first kappa shape index (κ1) is 26.7. The highest BCUT2D eigenvalue weighted by Crippen LogP contribution is 2.32. The third-order valence-corrected chi connectivity index (χ3v) is 10.4. The third kappa shape index (κ3) is 5.06. The second-order valence-electron chi connectivity index (χ2n) is 10.8. The first-order valence-corrected chi connectivity index (χ1v) is 15.1. The number of nitrogens with zero attached hydrogens (tertiary/aromatic N) is 4. The molecule has 38 heavy (non-hydrogen) atoms. The van der Waals surface area contributed by atoms with Crippen LogP contribution >= 0.6 is 0 Å². The molecule has 3 aliphatic heterocycles. The van der Waals surface area contributed by atoms with E-state index in [9.17, 15) is 18.0 Å². The van der Waals surface area contributed by atoms with Crippen LogP contribution < -0.4 is 9.80 Å². The van der Waals surface area contributed by atoms with E-state index >= 15 is 0 Å². The molecular weight excluding hydrogens is 500 g/mol. The third-order valence-electron chi connectivity index (χ3n) is 8.50. The van der Waals surface area contributed by atoms with Crippen LogP contribution in [0.25, 0.3) is 0 Å². The van der Waals surface area contributed by atoms with Crippen LogP contribution in [0.3, 0.4) is 0 Å². The van der Waals surface area contributed by atoms with Crippen LogP contribution in [0, 0.1) is 19.8 Å². The van der Waals surface area contributed by atoms with Gasteiger partial charge < -0.3 is 14.7 Å². The molecule has 0 spiro atoms. The summed E-state index contributed by atoms with van der Waals surface area (Å²) in [5.74, 6) is -0.0119. The fourth-order valence-corrected chi connectivity index (χ4v) is 7.58. The smallest absolute Gasteiger partial charge is 0.243 e. The van der Waals surface area contributed by atoms with Gasteiger partial charge in [-0.05, 0) is 80.5 Å². The molecule has 0 unspecified atom stereocenters. The number of amides is 2. The van der Waals surface area contributed by atoms with E-state index in [2.05, 4.69) is 36.9 Å². The van der Waals surface area contributed by atoms with Gasteiger partial charge in [0.2, 0.25) is 21.8 Å². The molecule has 2 aromatic rings. The van der Waals surface area contributed by atoms with Gasteiger partial charge in [0.15, 0.2) is 0 Å². The van der Waals surface area contributed by atoms with E-state index in [4.69, 9.17) is 0 Å². The molecule has 5 rings (SSSR count). The summed E-state index contributed by atoms with van der Waals surface area (Å²) in [6.07, 6.45) is 2.66. The summed E-state index contributed by atoms with van der Waals surface area (Å²) in [5.41, 5.74) is 5.51. The van der Waals surface area contributed by atoms with E-state index in [-0.39, 0.29) is 22.6 Å². The summed E-state index contributed by atoms with van der Waals surface area (Å²) in [5, 5.41) is 0. The number of fused-ring (bicyclic) bond motifs is 1. The fourth-order valence-electron chi connectivity index (χ4n) is 6.06. The Balaban J connectivity index is 1.18. The van der Waals surface area contributed by atoms with Crippen molar-refractivity contribution in [3.8, 4) is 0 Å². The zero-order valence-corrected chi connectivity index (χ0v) is 23.5. The molecule has 2 fully saturated rings. The average molecular weight is 539 g/mol. The van der Waals surface area contributed by atoms with Gasteiger partial charge in [-0.2, -0.15) is 4.31 Å². The monoisotopic (exact) mass is 538 g/mol. The Morgan fingerprint density at radius 2 is 1.58 bits per heavy atom. The SMILES string of the molecule is CC(=O)N1CCCc2cc(S(=O)(=O)N3CCC(C(=O)N4CCN(c5cccc(C)c5C)CC4)CC3)ccc21. The summed E-state index contributed by atoms with van der Waals surface area (Å²) in [4.78, 5) is 31.6. The maximum absolute atomic E-state index is 13.4. The van der Waals surface area contributed by atoms with E-state index in [1.165, 1.54) is 28.0 Å². The van der Waals surface area contributed by atoms with Crippen molar-refractivity contribution in [2.24, 2.45) is 5.92 Å². The molecule has 204 valence electrons. The first-order chi connectivity index (χ1) is 18.2. The number of benzene rings is 2. The number of anilines is 2. The van der Waals surface area contributed by atoms with Crippen molar-refractivity contribution in [1.82, 2.24) is 9.21 Å². The van der Waals surface area contributed by atoms with Crippen LogP contribution in [0.4, 0.5) is 11.4 Å². The molecule has 0 N–H and O–H groups in total. The molecule has 8 nitrogen and oxygen atoms in total. The predicted molar refractivity (Wildman–Crippen MR) is 149 cm³/mol. The van der Waals surface area contributed by atoms with Crippen LogP contribution in [0.1, 0.15) is 42.9 Å². The largest absolute Gasteiger partial charge is 0.368 e. The predicted octanol–water partition coefficient (Wildman–Crippen LogP) is 3.35. The molecule has 0 bridgehead atoms. The Hall–Kier alpha value is -2.91. The maximum Gasteiger partial charge on any atom is 0.243 e. The Morgan fingerprint density at radius 1 is 0.868 bits per heavy atom. The number of aryl methyl sites for hydroxylation is 2. The molecule has 0 radical (unpaired) electrons. The lowest BCUT2D eigenvalue weighted by Gasteiger charge is -2.39. The number of hydrogen-bond donors (Lipinski definition) is 0. The summed E-state index contributed by atoms with van der Waals surface area (Å²) in [6, 6.07) is 11.5. The topological polar surface area (TPSA) is 81.2 Å². The van der Waals surface area contributed by atoms with Crippen LogP contribution in [0.15, 0.2) is 41.3 Å². The molecule has 3 heterocycles. The van der Waals surface area contributed by atoms with Crippen molar-refractivity contribution in [2.45, 2.75) is 51.3 Å². The molecule has 3 aliphatic rings. The van der Waals surface area contributed by atoms with E-state index in [0.29, 0.717) is 45.6 Å². The van der Waals surface area contributed by atoms with Gasteiger partial charge in [0, 0.05) is 70.0 Å². The van der Waals surface area contributed by atoms with E-state index in [1.807, 2.05) is 4.90 Å². The standard InChI is InChI=1S/C29H38N4O4S/c1-21-6-4-8-27(22(21)2)30-16-18-31(19-17-30)29(35)24-11-14-32(15-12-24)38(36,37)26-9-10-28-25(20-26)7-5-13-33(28)23(3)34/h4,6,8-10,20,24H,5,7,11-19H2,1-3H3. The van der Waals surface area contributed by atoms with Crippen LogP contribution in [0.2, 0.25) is 0 Å².